The first kappa shape index (κ1) is 17.9. The van der Waals surface area contributed by atoms with Crippen LogP contribution in [0.1, 0.15) is 16.8 Å². The SMILES string of the molecule is Cc1c(/C=C/CN2CCN3c4ccccc4CC3C2)cnn1-c1nccc(N)n1. The summed E-state index contributed by atoms with van der Waals surface area (Å²) in [6.45, 7) is 6.26. The molecule has 1 fully saturated rings. The molecule has 29 heavy (non-hydrogen) atoms. The monoisotopic (exact) mass is 387 g/mol. The fourth-order valence-corrected chi connectivity index (χ4v) is 4.38. The maximum absolute atomic E-state index is 5.77. The van der Waals surface area contributed by atoms with E-state index in [4.69, 9.17) is 5.73 Å². The fraction of sp³-hybridized carbons (Fsp3) is 0.318. The zero-order valence-corrected chi connectivity index (χ0v) is 16.6. The largest absolute Gasteiger partial charge is 0.384 e. The van der Waals surface area contributed by atoms with Crippen molar-refractivity contribution in [3.63, 3.8) is 0 Å². The number of fused-ring (bicyclic) bond motifs is 3. The predicted molar refractivity (Wildman–Crippen MR) is 115 cm³/mol. The summed E-state index contributed by atoms with van der Waals surface area (Å²) in [6.07, 6.45) is 9.02. The van der Waals surface area contributed by atoms with Gasteiger partial charge in [-0.15, -0.1) is 0 Å². The molecule has 0 aliphatic carbocycles. The maximum Gasteiger partial charge on any atom is 0.252 e. The standard InChI is InChI=1S/C22H25N7/c1-16-18(14-25-29(16)22-24-9-8-21(23)26-22)6-4-10-27-11-12-28-19(15-27)13-17-5-2-3-7-20(17)28/h2-9,14,19H,10-13,15H2,1H3,(H2,23,24,26)/b6-4+. The smallest absolute Gasteiger partial charge is 0.252 e. The van der Waals surface area contributed by atoms with E-state index in [0.717, 1.165) is 43.9 Å². The Bertz CT molecular complexity index is 1050. The number of rotatable bonds is 4. The first-order valence-corrected chi connectivity index (χ1v) is 10.1. The summed E-state index contributed by atoms with van der Waals surface area (Å²) in [6, 6.07) is 11.1. The minimum absolute atomic E-state index is 0.440. The summed E-state index contributed by atoms with van der Waals surface area (Å²) < 4.78 is 1.73. The number of hydrogen-bond acceptors (Lipinski definition) is 6. The van der Waals surface area contributed by atoms with Crippen LogP contribution < -0.4 is 10.6 Å². The highest BCUT2D eigenvalue weighted by atomic mass is 15.4. The molecule has 2 aliphatic heterocycles. The van der Waals surface area contributed by atoms with Crippen molar-refractivity contribution in [3.8, 4) is 5.95 Å². The van der Waals surface area contributed by atoms with Gasteiger partial charge in [0, 0.05) is 49.7 Å². The molecule has 1 unspecified atom stereocenters. The summed E-state index contributed by atoms with van der Waals surface area (Å²) in [4.78, 5) is 13.6. The van der Waals surface area contributed by atoms with Crippen LogP contribution in [0.25, 0.3) is 12.0 Å². The van der Waals surface area contributed by atoms with Gasteiger partial charge in [0.05, 0.1) is 11.9 Å². The van der Waals surface area contributed by atoms with Gasteiger partial charge in [-0.25, -0.2) is 9.67 Å². The molecule has 0 radical (unpaired) electrons. The number of nitrogen functional groups attached to an aromatic ring is 1. The van der Waals surface area contributed by atoms with E-state index < -0.39 is 0 Å². The Hall–Kier alpha value is -3.19. The zero-order chi connectivity index (χ0) is 19.8. The summed E-state index contributed by atoms with van der Waals surface area (Å²) in [7, 11) is 0. The molecule has 2 aliphatic rings. The lowest BCUT2D eigenvalue weighted by molar-refractivity contribution is 0.249. The Morgan fingerprint density at radius 1 is 1.21 bits per heavy atom. The van der Waals surface area contributed by atoms with Crippen molar-refractivity contribution >= 4 is 17.6 Å². The maximum atomic E-state index is 5.77. The highest BCUT2D eigenvalue weighted by Gasteiger charge is 2.33. The van der Waals surface area contributed by atoms with Gasteiger partial charge in [-0.1, -0.05) is 30.4 Å². The second kappa shape index (κ2) is 7.33. The van der Waals surface area contributed by atoms with E-state index in [1.54, 1.807) is 16.9 Å². The van der Waals surface area contributed by atoms with Gasteiger partial charge in [0.2, 0.25) is 0 Å². The second-order valence-corrected chi connectivity index (χ2v) is 7.72. The van der Waals surface area contributed by atoms with Crippen LogP contribution in [0.2, 0.25) is 0 Å². The van der Waals surface area contributed by atoms with E-state index in [2.05, 4.69) is 61.3 Å². The van der Waals surface area contributed by atoms with Crippen LogP contribution in [-0.4, -0.2) is 56.9 Å². The lowest BCUT2D eigenvalue weighted by Gasteiger charge is -2.38. The fourth-order valence-electron chi connectivity index (χ4n) is 4.38. The minimum atomic E-state index is 0.440. The molecule has 1 aromatic carbocycles. The van der Waals surface area contributed by atoms with Crippen LogP contribution in [0.15, 0.2) is 48.8 Å². The zero-order valence-electron chi connectivity index (χ0n) is 16.6. The average Bonchev–Trinajstić information content (AvgIpc) is 3.28. The third kappa shape index (κ3) is 3.38. The van der Waals surface area contributed by atoms with Gasteiger partial charge in [-0.05, 0) is 31.0 Å². The van der Waals surface area contributed by atoms with E-state index >= 15 is 0 Å². The topological polar surface area (TPSA) is 76.1 Å². The first-order valence-electron chi connectivity index (χ1n) is 10.1. The number of para-hydroxylation sites is 1. The van der Waals surface area contributed by atoms with Gasteiger partial charge in [-0.3, -0.25) is 4.90 Å². The number of benzene rings is 1. The summed E-state index contributed by atoms with van der Waals surface area (Å²) >= 11 is 0. The molecule has 148 valence electrons. The molecule has 7 heteroatoms. The molecule has 0 amide bonds. The molecule has 7 nitrogen and oxygen atoms in total. The van der Waals surface area contributed by atoms with Crippen LogP contribution in [0.5, 0.6) is 0 Å². The van der Waals surface area contributed by atoms with Crippen LogP contribution in [0.3, 0.4) is 0 Å². The van der Waals surface area contributed by atoms with Gasteiger partial charge in [-0.2, -0.15) is 10.1 Å². The van der Waals surface area contributed by atoms with Crippen molar-refractivity contribution < 1.29 is 0 Å². The molecular formula is C22H25N7. The molecule has 4 heterocycles. The Labute approximate surface area is 170 Å². The second-order valence-electron chi connectivity index (χ2n) is 7.72. The van der Waals surface area contributed by atoms with Crippen molar-refractivity contribution in [2.45, 2.75) is 19.4 Å². The number of nitrogens with two attached hydrogens (primary N) is 1. The first-order chi connectivity index (χ1) is 14.2. The minimum Gasteiger partial charge on any atom is -0.384 e. The predicted octanol–water partition coefficient (Wildman–Crippen LogP) is 2.31. The molecule has 1 saturated heterocycles. The number of nitrogens with zero attached hydrogens (tertiary/aromatic N) is 6. The number of anilines is 2. The Morgan fingerprint density at radius 2 is 2.10 bits per heavy atom. The van der Waals surface area contributed by atoms with Crippen molar-refractivity contribution in [3.05, 3.63) is 65.6 Å². The van der Waals surface area contributed by atoms with Gasteiger partial charge in [0.1, 0.15) is 5.82 Å². The summed E-state index contributed by atoms with van der Waals surface area (Å²) in [5, 5.41) is 4.42. The number of hydrogen-bond donors (Lipinski definition) is 1. The van der Waals surface area contributed by atoms with Crippen LogP contribution in [0.4, 0.5) is 11.5 Å². The molecule has 2 N–H and O–H groups in total. The lowest BCUT2D eigenvalue weighted by atomic mass is 10.1. The molecule has 2 aromatic heterocycles. The van der Waals surface area contributed by atoms with Gasteiger partial charge in [0.15, 0.2) is 0 Å². The average molecular weight is 387 g/mol. The van der Waals surface area contributed by atoms with Crippen LogP contribution in [-0.2, 0) is 6.42 Å². The Kier molecular flexibility index (Phi) is 4.52. The van der Waals surface area contributed by atoms with Crippen molar-refractivity contribution in [1.29, 1.82) is 0 Å². The van der Waals surface area contributed by atoms with E-state index in [1.165, 1.54) is 11.3 Å². The van der Waals surface area contributed by atoms with E-state index in [1.807, 2.05) is 13.1 Å². The number of piperazine rings is 1. The Morgan fingerprint density at radius 3 is 3.00 bits per heavy atom. The van der Waals surface area contributed by atoms with Gasteiger partial charge in [0.25, 0.3) is 5.95 Å². The van der Waals surface area contributed by atoms with Gasteiger partial charge >= 0.3 is 0 Å². The van der Waals surface area contributed by atoms with E-state index in [9.17, 15) is 0 Å². The quantitative estimate of drug-likeness (QED) is 0.740. The molecule has 5 rings (SSSR count). The molecule has 0 saturated carbocycles. The van der Waals surface area contributed by atoms with Crippen LogP contribution >= 0.6 is 0 Å². The highest BCUT2D eigenvalue weighted by molar-refractivity contribution is 5.60. The van der Waals surface area contributed by atoms with Crippen molar-refractivity contribution in [2.75, 3.05) is 36.8 Å². The van der Waals surface area contributed by atoms with E-state index in [0.29, 0.717) is 17.8 Å². The van der Waals surface area contributed by atoms with E-state index in [-0.39, 0.29) is 0 Å². The van der Waals surface area contributed by atoms with Crippen molar-refractivity contribution in [2.24, 2.45) is 0 Å². The summed E-state index contributed by atoms with van der Waals surface area (Å²) in [5.74, 6) is 0.939. The summed E-state index contributed by atoms with van der Waals surface area (Å²) in [5.41, 5.74) is 10.8. The molecule has 0 bridgehead atoms. The Balaban J connectivity index is 1.23. The van der Waals surface area contributed by atoms with Crippen LogP contribution in [0, 0.1) is 6.92 Å². The molecule has 0 spiro atoms. The molecule has 3 aromatic rings. The molecular weight excluding hydrogens is 362 g/mol. The third-order valence-corrected chi connectivity index (χ3v) is 5.89. The third-order valence-electron chi connectivity index (χ3n) is 5.89. The number of aromatic nitrogens is 4. The van der Waals surface area contributed by atoms with Gasteiger partial charge < -0.3 is 10.6 Å². The lowest BCUT2D eigenvalue weighted by Crippen LogP contribution is -2.51. The highest BCUT2D eigenvalue weighted by Crippen LogP contribution is 2.33. The van der Waals surface area contributed by atoms with Crippen molar-refractivity contribution in [1.82, 2.24) is 24.6 Å². The molecule has 1 atom stereocenters. The normalized spacial score (nSPS) is 18.9.